The number of nitrogens with one attached hydrogen (secondary N) is 2. The van der Waals surface area contributed by atoms with E-state index < -0.39 is 0 Å². The van der Waals surface area contributed by atoms with Crippen molar-refractivity contribution in [1.82, 2.24) is 15.8 Å². The lowest BCUT2D eigenvalue weighted by Gasteiger charge is -2.18. The summed E-state index contributed by atoms with van der Waals surface area (Å²) >= 11 is 11.9. The summed E-state index contributed by atoms with van der Waals surface area (Å²) in [5.41, 5.74) is 8.11. The summed E-state index contributed by atoms with van der Waals surface area (Å²) in [6.45, 7) is 0.641. The minimum Gasteiger partial charge on any atom is -0.342 e. The van der Waals surface area contributed by atoms with Gasteiger partial charge in [-0.25, -0.2) is 4.39 Å². The van der Waals surface area contributed by atoms with Crippen molar-refractivity contribution in [2.24, 2.45) is 0 Å². The first-order valence-electron chi connectivity index (χ1n) is 8.90. The quantitative estimate of drug-likeness (QED) is 0.732. The van der Waals surface area contributed by atoms with Crippen LogP contribution < -0.4 is 10.9 Å². The second-order valence-electron chi connectivity index (χ2n) is 6.85. The second kappa shape index (κ2) is 9.02. The first kappa shape index (κ1) is 20.1. The zero-order valence-electron chi connectivity index (χ0n) is 15.0. The molecule has 2 aromatic rings. The van der Waals surface area contributed by atoms with Gasteiger partial charge < -0.3 is 4.90 Å². The first-order valence-corrected chi connectivity index (χ1v) is 9.66. The van der Waals surface area contributed by atoms with E-state index in [1.165, 1.54) is 12.1 Å². The zero-order valence-corrected chi connectivity index (χ0v) is 16.5. The van der Waals surface area contributed by atoms with Gasteiger partial charge in [0.05, 0.1) is 0 Å². The first-order chi connectivity index (χ1) is 12.9. The SMILES string of the molecule is CN(CCCC1CC(c2ccc(F)cc2)NN1)C(=O)c1cc(Cl)cc(Cl)c1. The van der Waals surface area contributed by atoms with Crippen molar-refractivity contribution in [2.45, 2.75) is 31.3 Å². The molecule has 3 rings (SSSR count). The summed E-state index contributed by atoms with van der Waals surface area (Å²) in [6, 6.07) is 11.9. The van der Waals surface area contributed by atoms with Gasteiger partial charge in [0.1, 0.15) is 5.82 Å². The number of halogens is 3. The van der Waals surface area contributed by atoms with Gasteiger partial charge in [-0.2, -0.15) is 0 Å². The molecule has 2 unspecified atom stereocenters. The Bertz CT molecular complexity index is 780. The van der Waals surface area contributed by atoms with E-state index in [0.29, 0.717) is 28.2 Å². The highest BCUT2D eigenvalue weighted by Gasteiger charge is 2.24. The van der Waals surface area contributed by atoms with Crippen LogP contribution in [0.3, 0.4) is 0 Å². The molecule has 27 heavy (non-hydrogen) atoms. The van der Waals surface area contributed by atoms with Gasteiger partial charge in [-0.15, -0.1) is 0 Å². The Labute approximate surface area is 168 Å². The lowest BCUT2D eigenvalue weighted by Crippen LogP contribution is -2.32. The van der Waals surface area contributed by atoms with Gasteiger partial charge in [-0.3, -0.25) is 15.6 Å². The van der Waals surface area contributed by atoms with Crippen molar-refractivity contribution in [3.63, 3.8) is 0 Å². The second-order valence-corrected chi connectivity index (χ2v) is 7.73. The molecular weight excluding hydrogens is 388 g/mol. The number of carbonyl (C=O) groups excluding carboxylic acids is 1. The molecule has 1 fully saturated rings. The van der Waals surface area contributed by atoms with Crippen molar-refractivity contribution in [2.75, 3.05) is 13.6 Å². The summed E-state index contributed by atoms with van der Waals surface area (Å²) in [4.78, 5) is 14.2. The normalized spacial score (nSPS) is 19.3. The average molecular weight is 410 g/mol. The zero-order chi connectivity index (χ0) is 19.4. The van der Waals surface area contributed by atoms with E-state index in [2.05, 4.69) is 10.9 Å². The molecule has 0 saturated carbocycles. The number of nitrogens with zero attached hydrogens (tertiary/aromatic N) is 1. The molecular formula is C20H22Cl2FN3O. The Hall–Kier alpha value is -1.66. The fraction of sp³-hybridized carbons (Fsp3) is 0.350. The van der Waals surface area contributed by atoms with E-state index in [4.69, 9.17) is 23.2 Å². The molecule has 4 nitrogen and oxygen atoms in total. The van der Waals surface area contributed by atoms with E-state index >= 15 is 0 Å². The molecule has 0 spiro atoms. The molecule has 1 saturated heterocycles. The van der Waals surface area contributed by atoms with Crippen LogP contribution in [0, 0.1) is 5.82 Å². The standard InChI is InChI=1S/C20H22Cl2FN3O/c1-26(20(27)14-9-15(21)11-16(22)10-14)8-2-3-18-12-19(25-24-18)13-4-6-17(23)7-5-13/h4-7,9-11,18-19,24-25H,2-3,8,12H2,1H3. The summed E-state index contributed by atoms with van der Waals surface area (Å²) in [5.74, 6) is -0.323. The van der Waals surface area contributed by atoms with Crippen molar-refractivity contribution in [1.29, 1.82) is 0 Å². The number of hydrazine groups is 1. The predicted octanol–water partition coefficient (Wildman–Crippen LogP) is 4.59. The molecule has 0 bridgehead atoms. The molecule has 144 valence electrons. The van der Waals surface area contributed by atoms with Gasteiger partial charge in [0.2, 0.25) is 0 Å². The number of rotatable bonds is 6. The Kier molecular flexibility index (Phi) is 6.71. The third-order valence-corrected chi connectivity index (χ3v) is 5.19. The van der Waals surface area contributed by atoms with Crippen LogP contribution in [0.2, 0.25) is 10.0 Å². The molecule has 2 N–H and O–H groups in total. The highest BCUT2D eigenvalue weighted by atomic mass is 35.5. The Morgan fingerprint density at radius 3 is 2.48 bits per heavy atom. The van der Waals surface area contributed by atoms with E-state index in [1.807, 2.05) is 0 Å². The van der Waals surface area contributed by atoms with Crippen LogP contribution in [0.1, 0.15) is 41.2 Å². The predicted molar refractivity (Wildman–Crippen MR) is 106 cm³/mol. The molecule has 2 atom stereocenters. The van der Waals surface area contributed by atoms with E-state index in [9.17, 15) is 9.18 Å². The van der Waals surface area contributed by atoms with Crippen LogP contribution in [-0.2, 0) is 0 Å². The molecule has 1 aliphatic rings. The van der Waals surface area contributed by atoms with E-state index in [-0.39, 0.29) is 17.8 Å². The Balaban J connectivity index is 1.45. The van der Waals surface area contributed by atoms with Gasteiger partial charge in [-0.05, 0) is 55.2 Å². The maximum Gasteiger partial charge on any atom is 0.253 e. The van der Waals surface area contributed by atoms with E-state index in [1.54, 1.807) is 42.3 Å². The molecule has 7 heteroatoms. The maximum absolute atomic E-state index is 13.0. The topological polar surface area (TPSA) is 44.4 Å². The van der Waals surface area contributed by atoms with Crippen LogP contribution in [-0.4, -0.2) is 30.4 Å². The summed E-state index contributed by atoms with van der Waals surface area (Å²) < 4.78 is 13.0. The third kappa shape index (κ3) is 5.42. The van der Waals surface area contributed by atoms with Gasteiger partial charge >= 0.3 is 0 Å². The van der Waals surface area contributed by atoms with Crippen LogP contribution in [0.15, 0.2) is 42.5 Å². The van der Waals surface area contributed by atoms with Crippen molar-refractivity contribution in [3.05, 3.63) is 69.5 Å². The van der Waals surface area contributed by atoms with Gasteiger partial charge in [0, 0.05) is 41.3 Å². The smallest absolute Gasteiger partial charge is 0.253 e. The fourth-order valence-electron chi connectivity index (χ4n) is 3.30. The largest absolute Gasteiger partial charge is 0.342 e. The summed E-state index contributed by atoms with van der Waals surface area (Å²) in [7, 11) is 1.78. The third-order valence-electron chi connectivity index (χ3n) is 4.76. The lowest BCUT2D eigenvalue weighted by molar-refractivity contribution is 0.0791. The number of hydrogen-bond donors (Lipinski definition) is 2. The monoisotopic (exact) mass is 409 g/mol. The van der Waals surface area contributed by atoms with Crippen molar-refractivity contribution < 1.29 is 9.18 Å². The molecule has 0 aromatic heterocycles. The summed E-state index contributed by atoms with van der Waals surface area (Å²) in [5, 5.41) is 0.902. The van der Waals surface area contributed by atoms with Crippen LogP contribution in [0.5, 0.6) is 0 Å². The summed E-state index contributed by atoms with van der Waals surface area (Å²) in [6.07, 6.45) is 2.72. The number of benzene rings is 2. The number of amides is 1. The van der Waals surface area contributed by atoms with Crippen molar-refractivity contribution in [3.8, 4) is 0 Å². The molecule has 0 radical (unpaired) electrons. The van der Waals surface area contributed by atoms with Crippen molar-refractivity contribution >= 4 is 29.1 Å². The van der Waals surface area contributed by atoms with Crippen LogP contribution in [0.25, 0.3) is 0 Å². The molecule has 2 aromatic carbocycles. The molecule has 1 amide bonds. The lowest BCUT2D eigenvalue weighted by atomic mass is 9.99. The van der Waals surface area contributed by atoms with Gasteiger partial charge in [0.15, 0.2) is 0 Å². The van der Waals surface area contributed by atoms with E-state index in [0.717, 1.165) is 24.8 Å². The number of hydrogen-bond acceptors (Lipinski definition) is 3. The highest BCUT2D eigenvalue weighted by molar-refractivity contribution is 6.35. The van der Waals surface area contributed by atoms with Crippen LogP contribution >= 0.6 is 23.2 Å². The highest BCUT2D eigenvalue weighted by Crippen LogP contribution is 2.24. The minimum absolute atomic E-state index is 0.0962. The molecule has 0 aliphatic carbocycles. The fourth-order valence-corrected chi connectivity index (χ4v) is 3.83. The molecule has 1 heterocycles. The van der Waals surface area contributed by atoms with Gasteiger partial charge in [-0.1, -0.05) is 35.3 Å². The maximum atomic E-state index is 13.0. The van der Waals surface area contributed by atoms with Crippen LogP contribution in [0.4, 0.5) is 4.39 Å². The minimum atomic E-state index is -0.227. The molecule has 1 aliphatic heterocycles. The average Bonchev–Trinajstić information content (AvgIpc) is 3.09. The number of carbonyl (C=O) groups is 1. The Morgan fingerprint density at radius 2 is 1.81 bits per heavy atom. The Morgan fingerprint density at radius 1 is 1.15 bits per heavy atom. The van der Waals surface area contributed by atoms with Gasteiger partial charge in [0.25, 0.3) is 5.91 Å².